The molecule has 2 aromatic heterocycles. The van der Waals surface area contributed by atoms with Gasteiger partial charge in [0.05, 0.1) is 10.9 Å². The Morgan fingerprint density at radius 3 is 2.71 bits per heavy atom. The van der Waals surface area contributed by atoms with Gasteiger partial charge in [-0.05, 0) is 13.0 Å². The SMILES string of the molecule is CC(C)NCc1cc(S(=O)(=O)NC(C)c2nn[nH]n2)c[nH]1. The fraction of sp³-hybridized carbons (Fsp3) is 0.545. The Bertz CT molecular complexity index is 663. The summed E-state index contributed by atoms with van der Waals surface area (Å²) in [5.74, 6) is 0.288. The van der Waals surface area contributed by atoms with Crippen molar-refractivity contribution in [1.82, 2.24) is 35.6 Å². The Morgan fingerprint density at radius 2 is 2.10 bits per heavy atom. The second-order valence-electron chi connectivity index (χ2n) is 5.01. The lowest BCUT2D eigenvalue weighted by molar-refractivity contribution is 0.560. The van der Waals surface area contributed by atoms with Crippen molar-refractivity contribution < 1.29 is 8.42 Å². The van der Waals surface area contributed by atoms with Crippen molar-refractivity contribution in [1.29, 1.82) is 0 Å². The van der Waals surface area contributed by atoms with E-state index in [-0.39, 0.29) is 10.7 Å². The lowest BCUT2D eigenvalue weighted by atomic mass is 10.3. The van der Waals surface area contributed by atoms with Gasteiger partial charge in [0.15, 0.2) is 5.82 Å². The maximum Gasteiger partial charge on any atom is 0.242 e. The van der Waals surface area contributed by atoms with Crippen LogP contribution in [0.5, 0.6) is 0 Å². The minimum Gasteiger partial charge on any atom is -0.363 e. The normalized spacial score (nSPS) is 13.7. The van der Waals surface area contributed by atoms with E-state index in [0.29, 0.717) is 12.6 Å². The number of tetrazole rings is 1. The molecule has 0 aliphatic rings. The van der Waals surface area contributed by atoms with E-state index in [4.69, 9.17) is 0 Å². The Hall–Kier alpha value is -1.78. The summed E-state index contributed by atoms with van der Waals surface area (Å²) in [6.45, 7) is 6.27. The van der Waals surface area contributed by atoms with E-state index in [9.17, 15) is 8.42 Å². The molecule has 2 heterocycles. The molecule has 2 aromatic rings. The van der Waals surface area contributed by atoms with Gasteiger partial charge in [-0.3, -0.25) is 0 Å². The van der Waals surface area contributed by atoms with Crippen LogP contribution < -0.4 is 10.0 Å². The van der Waals surface area contributed by atoms with Crippen molar-refractivity contribution in [2.75, 3.05) is 0 Å². The minimum absolute atomic E-state index is 0.179. The molecule has 0 saturated carbocycles. The van der Waals surface area contributed by atoms with Gasteiger partial charge in [0.25, 0.3) is 0 Å². The highest BCUT2D eigenvalue weighted by Gasteiger charge is 2.21. The molecule has 0 fully saturated rings. The van der Waals surface area contributed by atoms with Crippen LogP contribution in [0.1, 0.15) is 38.3 Å². The summed E-state index contributed by atoms with van der Waals surface area (Å²) in [6.07, 6.45) is 1.46. The Labute approximate surface area is 123 Å². The van der Waals surface area contributed by atoms with Gasteiger partial charge in [-0.15, -0.1) is 10.2 Å². The minimum atomic E-state index is -3.63. The first-order valence-electron chi connectivity index (χ1n) is 6.55. The second-order valence-corrected chi connectivity index (χ2v) is 6.72. The van der Waals surface area contributed by atoms with Crippen LogP contribution >= 0.6 is 0 Å². The van der Waals surface area contributed by atoms with Crippen LogP contribution in [0.4, 0.5) is 0 Å². The molecule has 0 bridgehead atoms. The van der Waals surface area contributed by atoms with Crippen LogP contribution in [0.25, 0.3) is 0 Å². The van der Waals surface area contributed by atoms with Crippen molar-refractivity contribution >= 4 is 10.0 Å². The van der Waals surface area contributed by atoms with E-state index < -0.39 is 16.1 Å². The predicted molar refractivity (Wildman–Crippen MR) is 75.7 cm³/mol. The van der Waals surface area contributed by atoms with Crippen LogP contribution in [0.2, 0.25) is 0 Å². The standard InChI is InChI=1S/C11H19N7O2S/c1-7(2)12-5-9-4-10(6-13-9)21(19,20)16-8(3)11-14-17-18-15-11/h4,6-8,12-13,16H,5H2,1-3H3,(H,14,15,17,18). The third-order valence-corrected chi connectivity index (χ3v) is 4.33. The third-order valence-electron chi connectivity index (χ3n) is 2.81. The lowest BCUT2D eigenvalue weighted by Crippen LogP contribution is -2.27. The van der Waals surface area contributed by atoms with E-state index in [1.807, 2.05) is 13.8 Å². The fourth-order valence-electron chi connectivity index (χ4n) is 1.70. The molecule has 0 aliphatic heterocycles. The van der Waals surface area contributed by atoms with Gasteiger partial charge in [0, 0.05) is 24.5 Å². The molecular formula is C11H19N7O2S. The first-order chi connectivity index (χ1) is 9.88. The number of hydrogen-bond acceptors (Lipinski definition) is 6. The molecule has 21 heavy (non-hydrogen) atoms. The fourth-order valence-corrected chi connectivity index (χ4v) is 2.92. The number of H-pyrrole nitrogens is 2. The molecule has 1 unspecified atom stereocenters. The molecule has 10 heteroatoms. The molecule has 0 saturated heterocycles. The van der Waals surface area contributed by atoms with Crippen LogP contribution in [0, 0.1) is 0 Å². The summed E-state index contributed by atoms with van der Waals surface area (Å²) >= 11 is 0. The zero-order chi connectivity index (χ0) is 15.5. The van der Waals surface area contributed by atoms with E-state index in [2.05, 4.69) is 35.6 Å². The van der Waals surface area contributed by atoms with Gasteiger partial charge in [-0.2, -0.15) is 5.21 Å². The number of nitrogens with zero attached hydrogens (tertiary/aromatic N) is 3. The smallest absolute Gasteiger partial charge is 0.242 e. The third kappa shape index (κ3) is 4.09. The zero-order valence-corrected chi connectivity index (χ0v) is 12.9. The maximum absolute atomic E-state index is 12.3. The summed E-state index contributed by atoms with van der Waals surface area (Å²) in [5.41, 5.74) is 0.802. The summed E-state index contributed by atoms with van der Waals surface area (Å²) in [4.78, 5) is 3.12. The highest BCUT2D eigenvalue weighted by atomic mass is 32.2. The van der Waals surface area contributed by atoms with Gasteiger partial charge >= 0.3 is 0 Å². The van der Waals surface area contributed by atoms with E-state index in [1.54, 1.807) is 13.0 Å². The molecular weight excluding hydrogens is 294 g/mol. The monoisotopic (exact) mass is 313 g/mol. The summed E-state index contributed by atoms with van der Waals surface area (Å²) in [5, 5.41) is 16.4. The van der Waals surface area contributed by atoms with Crippen LogP contribution in [-0.4, -0.2) is 40.1 Å². The molecule has 116 valence electrons. The average molecular weight is 313 g/mol. The van der Waals surface area contributed by atoms with Crippen LogP contribution in [0.3, 0.4) is 0 Å². The first-order valence-corrected chi connectivity index (χ1v) is 8.03. The number of nitrogens with one attached hydrogen (secondary N) is 4. The molecule has 1 atom stereocenters. The maximum atomic E-state index is 12.3. The molecule has 0 aromatic carbocycles. The second kappa shape index (κ2) is 6.33. The first kappa shape index (κ1) is 15.6. The molecule has 0 radical (unpaired) electrons. The quantitative estimate of drug-likeness (QED) is 0.572. The number of hydrogen-bond donors (Lipinski definition) is 4. The van der Waals surface area contributed by atoms with Crippen molar-refractivity contribution in [2.45, 2.75) is 44.3 Å². The molecule has 0 amide bonds. The highest BCUT2D eigenvalue weighted by Crippen LogP contribution is 2.14. The number of rotatable bonds is 7. The highest BCUT2D eigenvalue weighted by molar-refractivity contribution is 7.89. The van der Waals surface area contributed by atoms with Crippen molar-refractivity contribution in [3.05, 3.63) is 23.8 Å². The predicted octanol–water partition coefficient (Wildman–Crippen LogP) is 0.0653. The summed E-state index contributed by atoms with van der Waals surface area (Å²) in [7, 11) is -3.63. The van der Waals surface area contributed by atoms with E-state index >= 15 is 0 Å². The number of aromatic amines is 2. The Morgan fingerprint density at radius 1 is 1.33 bits per heavy atom. The zero-order valence-electron chi connectivity index (χ0n) is 12.1. The largest absolute Gasteiger partial charge is 0.363 e. The molecule has 0 spiro atoms. The topological polar surface area (TPSA) is 128 Å². The van der Waals surface area contributed by atoms with Gasteiger partial charge < -0.3 is 10.3 Å². The summed E-state index contributed by atoms with van der Waals surface area (Å²) in [6, 6.07) is 1.35. The van der Waals surface area contributed by atoms with Crippen molar-refractivity contribution in [3.63, 3.8) is 0 Å². The van der Waals surface area contributed by atoms with Gasteiger partial charge in [0.2, 0.25) is 10.0 Å². The lowest BCUT2D eigenvalue weighted by Gasteiger charge is -2.09. The van der Waals surface area contributed by atoms with Crippen molar-refractivity contribution in [3.8, 4) is 0 Å². The van der Waals surface area contributed by atoms with Gasteiger partial charge in [-0.1, -0.05) is 19.1 Å². The van der Waals surface area contributed by atoms with Crippen LogP contribution in [0.15, 0.2) is 17.2 Å². The summed E-state index contributed by atoms with van der Waals surface area (Å²) < 4.78 is 27.0. The van der Waals surface area contributed by atoms with Gasteiger partial charge in [-0.25, -0.2) is 13.1 Å². The van der Waals surface area contributed by atoms with Crippen molar-refractivity contribution in [2.24, 2.45) is 0 Å². The molecule has 2 rings (SSSR count). The Balaban J connectivity index is 2.05. The van der Waals surface area contributed by atoms with E-state index in [0.717, 1.165) is 5.69 Å². The number of aromatic nitrogens is 5. The Kier molecular flexibility index (Phi) is 4.70. The average Bonchev–Trinajstić information content (AvgIpc) is 3.07. The van der Waals surface area contributed by atoms with Crippen LogP contribution in [-0.2, 0) is 16.6 Å². The van der Waals surface area contributed by atoms with Gasteiger partial charge in [0.1, 0.15) is 0 Å². The van der Waals surface area contributed by atoms with E-state index in [1.165, 1.54) is 6.20 Å². The molecule has 4 N–H and O–H groups in total. The molecule has 0 aliphatic carbocycles. The molecule has 9 nitrogen and oxygen atoms in total. The number of sulfonamides is 1.